The van der Waals surface area contributed by atoms with Gasteiger partial charge in [-0.1, -0.05) is 25.4 Å². The van der Waals surface area contributed by atoms with Crippen LogP contribution in [0.25, 0.3) is 22.2 Å². The summed E-state index contributed by atoms with van der Waals surface area (Å²) >= 11 is 5.96. The van der Waals surface area contributed by atoms with Gasteiger partial charge in [0.2, 0.25) is 0 Å². The van der Waals surface area contributed by atoms with Crippen LogP contribution in [0.2, 0.25) is 5.02 Å². The number of methoxy groups -OCH3 is 1. The summed E-state index contributed by atoms with van der Waals surface area (Å²) < 4.78 is 70.0. The van der Waals surface area contributed by atoms with E-state index in [0.717, 1.165) is 50.9 Å². The second-order valence-electron chi connectivity index (χ2n) is 11.2. The molecule has 0 aliphatic carbocycles. The van der Waals surface area contributed by atoms with Crippen molar-refractivity contribution in [3.63, 3.8) is 0 Å². The third kappa shape index (κ3) is 6.24. The highest BCUT2D eigenvalue weighted by Gasteiger charge is 2.45. The van der Waals surface area contributed by atoms with E-state index < -0.39 is 33.8 Å². The minimum atomic E-state index is -4.88. The number of nitrogens with two attached hydrogens (primary N) is 1. The van der Waals surface area contributed by atoms with Crippen LogP contribution < -0.4 is 20.7 Å². The van der Waals surface area contributed by atoms with Crippen molar-refractivity contribution in [2.24, 2.45) is 0 Å². The Kier molecular flexibility index (Phi) is 9.69. The maximum atomic E-state index is 16.3. The number of rotatable bonds is 7. The fourth-order valence-electron chi connectivity index (χ4n) is 6.61. The molecule has 2 aromatic heterocycles. The van der Waals surface area contributed by atoms with E-state index in [2.05, 4.69) is 20.2 Å². The predicted octanol–water partition coefficient (Wildman–Crippen LogP) is 5.54. The first kappa shape index (κ1) is 32.4. The topological polar surface area (TPSA) is 102 Å². The number of hydrogen-bond acceptors (Lipinski definition) is 9. The fourth-order valence-corrected chi connectivity index (χ4v) is 6.94. The van der Waals surface area contributed by atoms with E-state index in [4.69, 9.17) is 31.8 Å². The third-order valence-corrected chi connectivity index (χ3v) is 8.80. The smallest absolute Gasteiger partial charge is 0.418 e. The van der Waals surface area contributed by atoms with Crippen molar-refractivity contribution in [1.29, 1.82) is 0 Å². The van der Waals surface area contributed by atoms with Gasteiger partial charge in [-0.15, -0.1) is 0 Å². The number of pyridine rings is 1. The van der Waals surface area contributed by atoms with Gasteiger partial charge in [0.15, 0.2) is 5.82 Å². The van der Waals surface area contributed by atoms with E-state index in [1.165, 1.54) is 6.20 Å². The van der Waals surface area contributed by atoms with Crippen LogP contribution in [0.3, 0.4) is 0 Å². The number of hydrogen-bond donors (Lipinski definition) is 2. The molecule has 3 N–H and O–H groups in total. The number of ether oxygens (including phenoxy) is 2. The standard InChI is InChI=1S/C28H32ClF4N7O2.C2H6/c1-41-14-17-13-39(9-6-35-17)25-19-12-36-23(18-10-16(34)11-20(29)21(18)28(31,32)33)22(30)24(19)37-26(38-25)42-15-27-4-2-7-40(27)8-3-5-27;1-2/h10-12,17,35H,2-9,13-15,34H2,1H3;1-2H3. The van der Waals surface area contributed by atoms with E-state index in [9.17, 15) is 13.2 Å². The van der Waals surface area contributed by atoms with Crippen LogP contribution in [0.4, 0.5) is 29.1 Å². The molecule has 44 heavy (non-hydrogen) atoms. The highest BCUT2D eigenvalue weighted by Crippen LogP contribution is 2.44. The average Bonchev–Trinajstić information content (AvgIpc) is 3.57. The maximum Gasteiger partial charge on any atom is 0.418 e. The minimum absolute atomic E-state index is 0.0107. The molecule has 3 aromatic rings. The Balaban J connectivity index is 0.00000188. The molecular formula is C30H38ClF4N7O2. The van der Waals surface area contributed by atoms with Crippen molar-refractivity contribution < 1.29 is 27.0 Å². The number of halogens is 5. The summed E-state index contributed by atoms with van der Waals surface area (Å²) in [6.07, 6.45) is 0.544. The van der Waals surface area contributed by atoms with Gasteiger partial charge in [-0.05, 0) is 50.9 Å². The molecule has 0 radical (unpaired) electrons. The van der Waals surface area contributed by atoms with Gasteiger partial charge in [0, 0.05) is 50.2 Å². The van der Waals surface area contributed by atoms with Crippen LogP contribution in [0.15, 0.2) is 18.3 Å². The van der Waals surface area contributed by atoms with Crippen molar-refractivity contribution in [3.05, 3.63) is 34.7 Å². The Labute approximate surface area is 259 Å². The normalized spacial score (nSPS) is 20.0. The summed E-state index contributed by atoms with van der Waals surface area (Å²) in [5.41, 5.74) is 3.11. The molecule has 1 aromatic carbocycles. The van der Waals surface area contributed by atoms with Crippen LogP contribution in [0.5, 0.6) is 6.01 Å². The second-order valence-corrected chi connectivity index (χ2v) is 11.6. The summed E-state index contributed by atoms with van der Waals surface area (Å²) in [5.74, 6) is -0.650. The number of benzene rings is 1. The second kappa shape index (κ2) is 13.2. The van der Waals surface area contributed by atoms with Gasteiger partial charge in [0.05, 0.1) is 28.1 Å². The SMILES string of the molecule is CC.COCC1CN(c2nc(OCC34CCCN3CCC4)nc3c(F)c(-c4cc(N)cc(Cl)c4C(F)(F)F)ncc23)CCN1. The van der Waals surface area contributed by atoms with E-state index in [1.54, 1.807) is 7.11 Å². The predicted molar refractivity (Wildman–Crippen MR) is 163 cm³/mol. The van der Waals surface area contributed by atoms with Gasteiger partial charge in [-0.3, -0.25) is 9.88 Å². The Morgan fingerprint density at radius 1 is 1.14 bits per heavy atom. The van der Waals surface area contributed by atoms with E-state index >= 15 is 4.39 Å². The Morgan fingerprint density at radius 2 is 1.86 bits per heavy atom. The number of nitrogen functional groups attached to an aromatic ring is 1. The van der Waals surface area contributed by atoms with Crippen LogP contribution in [0, 0.1) is 5.82 Å². The first-order valence-corrected chi connectivity index (χ1v) is 15.4. The minimum Gasteiger partial charge on any atom is -0.461 e. The van der Waals surface area contributed by atoms with Gasteiger partial charge in [0.1, 0.15) is 23.6 Å². The monoisotopic (exact) mass is 639 g/mol. The number of aromatic nitrogens is 3. The number of alkyl halides is 3. The number of piperazine rings is 1. The van der Waals surface area contributed by atoms with Crippen LogP contribution in [-0.4, -0.2) is 84.5 Å². The van der Waals surface area contributed by atoms with Gasteiger partial charge in [-0.25, -0.2) is 4.39 Å². The van der Waals surface area contributed by atoms with Crippen molar-refractivity contribution in [2.75, 3.05) is 63.7 Å². The summed E-state index contributed by atoms with van der Waals surface area (Å²) in [6, 6.07) is 1.95. The first-order valence-electron chi connectivity index (χ1n) is 15.0. The molecular weight excluding hydrogens is 602 g/mol. The van der Waals surface area contributed by atoms with Gasteiger partial charge in [0.25, 0.3) is 0 Å². The zero-order valence-electron chi connectivity index (χ0n) is 25.1. The highest BCUT2D eigenvalue weighted by atomic mass is 35.5. The van der Waals surface area contributed by atoms with Crippen molar-refractivity contribution in [1.82, 2.24) is 25.2 Å². The molecule has 6 rings (SSSR count). The van der Waals surface area contributed by atoms with Crippen molar-refractivity contribution in [3.8, 4) is 17.3 Å². The molecule has 3 saturated heterocycles. The molecule has 0 saturated carbocycles. The van der Waals surface area contributed by atoms with Crippen LogP contribution >= 0.6 is 11.6 Å². The van der Waals surface area contributed by atoms with Crippen LogP contribution in [-0.2, 0) is 10.9 Å². The quantitative estimate of drug-likeness (QED) is 0.255. The number of fused-ring (bicyclic) bond motifs is 2. The van der Waals surface area contributed by atoms with Gasteiger partial charge >= 0.3 is 12.2 Å². The zero-order valence-corrected chi connectivity index (χ0v) is 25.9. The molecule has 14 heteroatoms. The molecule has 240 valence electrons. The van der Waals surface area contributed by atoms with Gasteiger partial charge < -0.3 is 25.4 Å². The largest absolute Gasteiger partial charge is 0.461 e. The lowest BCUT2D eigenvalue weighted by molar-refractivity contribution is -0.137. The summed E-state index contributed by atoms with van der Waals surface area (Å²) in [7, 11) is 1.61. The van der Waals surface area contributed by atoms with E-state index in [1.807, 2.05) is 18.7 Å². The molecule has 5 heterocycles. The van der Waals surface area contributed by atoms with E-state index in [-0.39, 0.29) is 34.2 Å². The lowest BCUT2D eigenvalue weighted by Crippen LogP contribution is -2.53. The third-order valence-electron chi connectivity index (χ3n) is 8.50. The Morgan fingerprint density at radius 3 is 2.55 bits per heavy atom. The highest BCUT2D eigenvalue weighted by molar-refractivity contribution is 6.32. The molecule has 0 amide bonds. The lowest BCUT2D eigenvalue weighted by atomic mass is 9.95. The van der Waals surface area contributed by atoms with Crippen LogP contribution in [0.1, 0.15) is 45.1 Å². The molecule has 0 bridgehead atoms. The van der Waals surface area contributed by atoms with Crippen molar-refractivity contribution in [2.45, 2.75) is 57.3 Å². The summed E-state index contributed by atoms with van der Waals surface area (Å²) in [5, 5.41) is 2.99. The zero-order chi connectivity index (χ0) is 31.6. The average molecular weight is 640 g/mol. The molecule has 1 unspecified atom stereocenters. The van der Waals surface area contributed by atoms with Gasteiger partial charge in [-0.2, -0.15) is 23.1 Å². The van der Waals surface area contributed by atoms with E-state index in [0.29, 0.717) is 38.7 Å². The Bertz CT molecular complexity index is 1480. The number of nitrogens with zero attached hydrogens (tertiary/aromatic N) is 5. The van der Waals surface area contributed by atoms with Crippen molar-refractivity contribution >= 4 is 34.0 Å². The number of anilines is 2. The molecule has 1 atom stereocenters. The number of nitrogens with one attached hydrogen (secondary N) is 1. The summed E-state index contributed by atoms with van der Waals surface area (Å²) in [4.78, 5) is 17.6. The molecule has 3 aliphatic rings. The lowest BCUT2D eigenvalue weighted by Gasteiger charge is -2.35. The molecule has 3 fully saturated rings. The molecule has 0 spiro atoms. The Hall–Kier alpha value is -3.00. The molecule has 9 nitrogen and oxygen atoms in total. The fraction of sp³-hybridized carbons (Fsp3) is 0.567. The molecule has 3 aliphatic heterocycles. The maximum absolute atomic E-state index is 16.3. The first-order chi connectivity index (χ1) is 21.1. The summed E-state index contributed by atoms with van der Waals surface area (Å²) in [6.45, 7) is 8.48.